The van der Waals surface area contributed by atoms with Crippen molar-refractivity contribution in [2.45, 2.75) is 19.3 Å². The van der Waals surface area contributed by atoms with Crippen molar-refractivity contribution in [1.29, 1.82) is 0 Å². The molecule has 0 aromatic heterocycles. The maximum Gasteiger partial charge on any atom is 0.0406 e. The van der Waals surface area contributed by atoms with Crippen LogP contribution < -0.4 is 0 Å². The molecule has 1 saturated heterocycles. The molecular formula is C20H22ClN. The predicted octanol–water partition coefficient (Wildman–Crippen LogP) is 5.06. The third kappa shape index (κ3) is 4.22. The van der Waals surface area contributed by atoms with Crippen LogP contribution in [-0.2, 0) is 6.42 Å². The van der Waals surface area contributed by atoms with Gasteiger partial charge in [-0.25, -0.2) is 0 Å². The van der Waals surface area contributed by atoms with Gasteiger partial charge in [0.2, 0.25) is 0 Å². The summed E-state index contributed by atoms with van der Waals surface area (Å²) in [4.78, 5) is 2.53. The van der Waals surface area contributed by atoms with Crippen LogP contribution in [-0.4, -0.2) is 24.5 Å². The van der Waals surface area contributed by atoms with Crippen molar-refractivity contribution < 1.29 is 0 Å². The molecule has 1 nitrogen and oxygen atoms in total. The van der Waals surface area contributed by atoms with Crippen molar-refractivity contribution in [3.8, 4) is 0 Å². The first kappa shape index (κ1) is 15.3. The molecule has 1 aliphatic rings. The molecule has 0 N–H and O–H groups in total. The molecule has 0 bridgehead atoms. The number of allylic oxidation sites excluding steroid dienone is 1. The van der Waals surface area contributed by atoms with E-state index in [1.165, 1.54) is 42.6 Å². The number of halogens is 1. The Labute approximate surface area is 138 Å². The highest BCUT2D eigenvalue weighted by atomic mass is 35.5. The summed E-state index contributed by atoms with van der Waals surface area (Å²) in [6.45, 7) is 3.52. The summed E-state index contributed by atoms with van der Waals surface area (Å²) in [5.74, 6) is 0. The van der Waals surface area contributed by atoms with Gasteiger partial charge in [-0.1, -0.05) is 60.1 Å². The number of benzene rings is 2. The summed E-state index contributed by atoms with van der Waals surface area (Å²) in [5.41, 5.74) is 4.02. The quantitative estimate of drug-likeness (QED) is 0.746. The zero-order valence-corrected chi connectivity index (χ0v) is 13.6. The lowest BCUT2D eigenvalue weighted by Crippen LogP contribution is -2.19. The lowest BCUT2D eigenvalue weighted by Gasteiger charge is -2.14. The fraction of sp³-hybridized carbons (Fsp3) is 0.300. The molecule has 1 fully saturated rings. The minimum absolute atomic E-state index is 0.797. The van der Waals surface area contributed by atoms with Crippen molar-refractivity contribution in [2.24, 2.45) is 0 Å². The van der Waals surface area contributed by atoms with Crippen molar-refractivity contribution in [3.05, 3.63) is 76.8 Å². The van der Waals surface area contributed by atoms with E-state index in [2.05, 4.69) is 53.4 Å². The van der Waals surface area contributed by atoms with Crippen molar-refractivity contribution in [2.75, 3.05) is 19.6 Å². The van der Waals surface area contributed by atoms with Crippen LogP contribution in [0.3, 0.4) is 0 Å². The Morgan fingerprint density at radius 2 is 1.64 bits per heavy atom. The van der Waals surface area contributed by atoms with Gasteiger partial charge >= 0.3 is 0 Å². The van der Waals surface area contributed by atoms with Crippen molar-refractivity contribution in [3.63, 3.8) is 0 Å². The molecule has 0 saturated carbocycles. The first-order chi connectivity index (χ1) is 10.8. The maximum absolute atomic E-state index is 5.99. The van der Waals surface area contributed by atoms with Crippen LogP contribution in [0.1, 0.15) is 24.0 Å². The molecular weight excluding hydrogens is 290 g/mol. The molecule has 0 atom stereocenters. The summed E-state index contributed by atoms with van der Waals surface area (Å²) in [6, 6.07) is 18.9. The molecule has 2 aromatic carbocycles. The van der Waals surface area contributed by atoms with Crippen LogP contribution in [0.5, 0.6) is 0 Å². The normalized spacial score (nSPS) is 16.1. The molecule has 1 heterocycles. The summed E-state index contributed by atoms with van der Waals surface area (Å²) < 4.78 is 0. The van der Waals surface area contributed by atoms with E-state index in [-0.39, 0.29) is 0 Å². The molecule has 0 radical (unpaired) electrons. The molecule has 0 amide bonds. The minimum atomic E-state index is 0.797. The smallest absolute Gasteiger partial charge is 0.0406 e. The lowest BCUT2D eigenvalue weighted by atomic mass is 9.98. The predicted molar refractivity (Wildman–Crippen MR) is 95.2 cm³/mol. The van der Waals surface area contributed by atoms with Gasteiger partial charge in [0.05, 0.1) is 0 Å². The highest BCUT2D eigenvalue weighted by molar-refractivity contribution is 6.30. The fourth-order valence-corrected chi connectivity index (χ4v) is 3.10. The van der Waals surface area contributed by atoms with Crippen LogP contribution >= 0.6 is 11.6 Å². The summed E-state index contributed by atoms with van der Waals surface area (Å²) >= 11 is 5.99. The standard InChI is InChI=1S/C20H22ClN/c21-20-10-8-17(9-11-20)16-19(18-6-2-1-3-7-18)12-15-22-13-4-5-14-22/h1-3,6-12H,4-5,13-16H2. The molecule has 2 heteroatoms. The lowest BCUT2D eigenvalue weighted by molar-refractivity contribution is 0.377. The van der Waals surface area contributed by atoms with Crippen LogP contribution in [0, 0.1) is 0 Å². The van der Waals surface area contributed by atoms with E-state index in [0.717, 1.165) is 18.0 Å². The molecule has 2 aromatic rings. The van der Waals surface area contributed by atoms with E-state index in [0.29, 0.717) is 0 Å². The van der Waals surface area contributed by atoms with Gasteiger partial charge in [-0.3, -0.25) is 4.90 Å². The monoisotopic (exact) mass is 311 g/mol. The Hall–Kier alpha value is -1.57. The number of likely N-dealkylation sites (tertiary alicyclic amines) is 1. The van der Waals surface area contributed by atoms with Crippen LogP contribution in [0.4, 0.5) is 0 Å². The second-order valence-electron chi connectivity index (χ2n) is 5.91. The SMILES string of the molecule is Clc1ccc(CC(=CCN2CCCC2)c2ccccc2)cc1. The Morgan fingerprint density at radius 1 is 0.955 bits per heavy atom. The van der Waals surface area contributed by atoms with E-state index < -0.39 is 0 Å². The first-order valence-corrected chi connectivity index (χ1v) is 8.40. The minimum Gasteiger partial charge on any atom is -0.300 e. The average Bonchev–Trinajstić information content (AvgIpc) is 3.07. The van der Waals surface area contributed by atoms with Crippen molar-refractivity contribution >= 4 is 17.2 Å². The second-order valence-corrected chi connectivity index (χ2v) is 6.34. The van der Waals surface area contributed by atoms with E-state index >= 15 is 0 Å². The molecule has 1 aliphatic heterocycles. The van der Waals surface area contributed by atoms with Gasteiger partial charge in [0.1, 0.15) is 0 Å². The summed E-state index contributed by atoms with van der Waals surface area (Å²) in [5, 5.41) is 0.797. The third-order valence-electron chi connectivity index (χ3n) is 4.25. The van der Waals surface area contributed by atoms with Crippen molar-refractivity contribution in [1.82, 2.24) is 4.90 Å². The number of hydrogen-bond donors (Lipinski definition) is 0. The molecule has 0 unspecified atom stereocenters. The Kier molecular flexibility index (Phi) is 5.31. The average molecular weight is 312 g/mol. The topological polar surface area (TPSA) is 3.24 Å². The molecule has 3 rings (SSSR count). The Morgan fingerprint density at radius 3 is 2.32 bits per heavy atom. The van der Waals surface area contributed by atoms with Gasteiger partial charge in [0.15, 0.2) is 0 Å². The molecule has 0 spiro atoms. The largest absolute Gasteiger partial charge is 0.300 e. The molecule has 114 valence electrons. The maximum atomic E-state index is 5.99. The zero-order valence-electron chi connectivity index (χ0n) is 12.8. The third-order valence-corrected chi connectivity index (χ3v) is 4.50. The number of hydrogen-bond acceptors (Lipinski definition) is 1. The van der Waals surface area contributed by atoms with Gasteiger partial charge in [-0.2, -0.15) is 0 Å². The fourth-order valence-electron chi connectivity index (χ4n) is 2.97. The molecule has 22 heavy (non-hydrogen) atoms. The zero-order chi connectivity index (χ0) is 15.2. The van der Waals surface area contributed by atoms with Gasteiger partial charge in [0, 0.05) is 11.6 Å². The highest BCUT2D eigenvalue weighted by Gasteiger charge is 2.10. The van der Waals surface area contributed by atoms with Gasteiger partial charge in [-0.05, 0) is 61.2 Å². The summed E-state index contributed by atoms with van der Waals surface area (Å²) in [6.07, 6.45) is 6.03. The second kappa shape index (κ2) is 7.62. The Balaban J connectivity index is 1.79. The first-order valence-electron chi connectivity index (χ1n) is 8.02. The van der Waals surface area contributed by atoms with E-state index in [1.54, 1.807) is 0 Å². The summed E-state index contributed by atoms with van der Waals surface area (Å²) in [7, 11) is 0. The Bertz CT molecular complexity index is 610. The van der Waals surface area contributed by atoms with Gasteiger partial charge in [-0.15, -0.1) is 0 Å². The van der Waals surface area contributed by atoms with Crippen LogP contribution in [0.15, 0.2) is 60.7 Å². The van der Waals surface area contributed by atoms with Crippen LogP contribution in [0.25, 0.3) is 5.57 Å². The van der Waals surface area contributed by atoms with Gasteiger partial charge < -0.3 is 0 Å². The number of nitrogens with zero attached hydrogens (tertiary/aromatic N) is 1. The van der Waals surface area contributed by atoms with Crippen LogP contribution in [0.2, 0.25) is 5.02 Å². The van der Waals surface area contributed by atoms with E-state index in [9.17, 15) is 0 Å². The molecule has 0 aliphatic carbocycles. The highest BCUT2D eigenvalue weighted by Crippen LogP contribution is 2.21. The van der Waals surface area contributed by atoms with Gasteiger partial charge in [0.25, 0.3) is 0 Å². The number of rotatable bonds is 5. The van der Waals surface area contributed by atoms with E-state index in [1.807, 2.05) is 12.1 Å². The van der Waals surface area contributed by atoms with E-state index in [4.69, 9.17) is 11.6 Å².